The summed E-state index contributed by atoms with van der Waals surface area (Å²) in [4.78, 5) is 0. The minimum atomic E-state index is -0.744. The van der Waals surface area contributed by atoms with Crippen molar-refractivity contribution in [1.82, 2.24) is 0 Å². The third-order valence-corrected chi connectivity index (χ3v) is 6.63. The first kappa shape index (κ1) is 32.4. The molecule has 0 heterocycles. The molecule has 3 aromatic carbocycles. The van der Waals surface area contributed by atoms with Gasteiger partial charge in [0.05, 0.1) is 0 Å². The number of benzene rings is 3. The van der Waals surface area contributed by atoms with E-state index in [0.717, 1.165) is 32.1 Å². The fraction of sp³-hybridized carbons (Fsp3) is 0.379. The second kappa shape index (κ2) is 19.7. The summed E-state index contributed by atoms with van der Waals surface area (Å²) in [5.74, 6) is 0. The van der Waals surface area contributed by atoms with Gasteiger partial charge in [-0.2, -0.15) is 0 Å². The van der Waals surface area contributed by atoms with Gasteiger partial charge in [-0.15, -0.1) is 13.8 Å². The zero-order valence-electron chi connectivity index (χ0n) is 22.5. The van der Waals surface area contributed by atoms with Crippen LogP contribution in [-0.4, -0.2) is 26.4 Å². The third kappa shape index (κ3) is 12.2. The molecule has 0 saturated heterocycles. The monoisotopic (exact) mass is 473 g/mol. The standard InChI is InChI=1S/C21H21NP.2C4H10O.Li/c1-16-14-17(2)21(18(3)15-16)22-23(19-10-6-4-7-11-19)20-12-8-5-9-13-20;2*1-3-5-4-2;/h4-15H,1-3H3;2*3-4H2,1-2H3;/q-1;;;+1. The first-order valence-electron chi connectivity index (χ1n) is 11.8. The van der Waals surface area contributed by atoms with Crippen molar-refractivity contribution >= 4 is 24.4 Å². The van der Waals surface area contributed by atoms with Crippen LogP contribution in [0.25, 0.3) is 5.09 Å². The molecule has 0 fully saturated rings. The van der Waals surface area contributed by atoms with Crippen molar-refractivity contribution < 1.29 is 28.3 Å². The predicted molar refractivity (Wildman–Crippen MR) is 147 cm³/mol. The van der Waals surface area contributed by atoms with E-state index in [1.807, 2.05) is 27.7 Å². The molecule has 0 saturated carbocycles. The summed E-state index contributed by atoms with van der Waals surface area (Å²) in [5, 5.41) is 7.77. The zero-order chi connectivity index (χ0) is 24.5. The average molecular weight is 474 g/mol. The molecule has 0 unspecified atom stereocenters. The van der Waals surface area contributed by atoms with Crippen LogP contribution in [0.15, 0.2) is 72.8 Å². The van der Waals surface area contributed by atoms with Crippen molar-refractivity contribution in [3.05, 3.63) is 94.6 Å². The SMILES string of the molecule is CCOCC.CCOCC.Cc1cc(C)c([N-]P(c2ccccc2)c2ccccc2)c(C)c1.[Li+]. The Morgan fingerprint density at radius 3 is 1.26 bits per heavy atom. The Morgan fingerprint density at radius 2 is 0.971 bits per heavy atom. The Morgan fingerprint density at radius 1 is 0.618 bits per heavy atom. The molecule has 0 aliphatic heterocycles. The van der Waals surface area contributed by atoms with Crippen LogP contribution < -0.4 is 29.5 Å². The van der Waals surface area contributed by atoms with Gasteiger partial charge in [-0.1, -0.05) is 89.5 Å². The summed E-state index contributed by atoms with van der Waals surface area (Å²) in [5.41, 5.74) is 4.93. The predicted octanol–water partition coefficient (Wildman–Crippen LogP) is 4.75. The Balaban J connectivity index is 0.000000841. The van der Waals surface area contributed by atoms with E-state index in [0.29, 0.717) is 0 Å². The van der Waals surface area contributed by atoms with Crippen LogP contribution in [-0.2, 0) is 9.47 Å². The van der Waals surface area contributed by atoms with Crippen LogP contribution >= 0.6 is 8.07 Å². The number of aryl methyl sites for hydroxylation is 3. The first-order chi connectivity index (χ1) is 16.0. The van der Waals surface area contributed by atoms with Crippen LogP contribution in [0.4, 0.5) is 5.69 Å². The molecule has 3 aromatic rings. The summed E-state index contributed by atoms with van der Waals surface area (Å²) in [7, 11) is -0.744. The molecule has 0 spiro atoms. The van der Waals surface area contributed by atoms with E-state index in [1.165, 1.54) is 27.3 Å². The Labute approximate surface area is 221 Å². The first-order valence-corrected chi connectivity index (χ1v) is 13.1. The van der Waals surface area contributed by atoms with Crippen molar-refractivity contribution in [3.8, 4) is 0 Å². The summed E-state index contributed by atoms with van der Waals surface area (Å²) >= 11 is 0. The Kier molecular flexibility index (Phi) is 18.8. The number of hydrogen-bond acceptors (Lipinski definition) is 2. The summed E-state index contributed by atoms with van der Waals surface area (Å²) in [6.45, 7) is 17.8. The van der Waals surface area contributed by atoms with Gasteiger partial charge in [0.15, 0.2) is 0 Å². The molecule has 3 rings (SSSR count). The van der Waals surface area contributed by atoms with Crippen LogP contribution in [0.1, 0.15) is 44.4 Å². The molecular formula is C29H41LiNO2P. The van der Waals surface area contributed by atoms with Crippen molar-refractivity contribution in [3.63, 3.8) is 0 Å². The second-order valence-corrected chi connectivity index (χ2v) is 9.25. The van der Waals surface area contributed by atoms with Gasteiger partial charge < -0.3 is 14.6 Å². The molecule has 0 atom stereocenters. The van der Waals surface area contributed by atoms with Gasteiger partial charge in [0.2, 0.25) is 0 Å². The second-order valence-electron chi connectivity index (χ2n) is 7.39. The van der Waals surface area contributed by atoms with E-state index in [4.69, 9.17) is 14.6 Å². The van der Waals surface area contributed by atoms with E-state index in [9.17, 15) is 0 Å². The average Bonchev–Trinajstić information content (AvgIpc) is 2.82. The van der Waals surface area contributed by atoms with E-state index in [2.05, 4.69) is 93.6 Å². The van der Waals surface area contributed by atoms with E-state index >= 15 is 0 Å². The molecule has 0 bridgehead atoms. The maximum atomic E-state index is 5.20. The van der Waals surface area contributed by atoms with Crippen molar-refractivity contribution in [2.45, 2.75) is 48.5 Å². The summed E-state index contributed by atoms with van der Waals surface area (Å²) < 4.78 is 9.67. The summed E-state index contributed by atoms with van der Waals surface area (Å²) in [6.07, 6.45) is 0. The van der Waals surface area contributed by atoms with Crippen LogP contribution in [0, 0.1) is 20.8 Å². The van der Waals surface area contributed by atoms with Crippen LogP contribution in [0.3, 0.4) is 0 Å². The van der Waals surface area contributed by atoms with Crippen molar-refractivity contribution in [2.24, 2.45) is 0 Å². The number of nitrogens with zero attached hydrogens (tertiary/aromatic N) is 1. The number of ether oxygens (including phenoxy) is 2. The third-order valence-electron chi connectivity index (χ3n) is 4.65. The molecule has 0 aromatic heterocycles. The topological polar surface area (TPSA) is 32.6 Å². The normalized spacial score (nSPS) is 9.76. The smallest absolute Gasteiger partial charge is 0.652 e. The van der Waals surface area contributed by atoms with E-state index in [1.54, 1.807) is 0 Å². The maximum Gasteiger partial charge on any atom is 1.00 e. The molecule has 34 heavy (non-hydrogen) atoms. The molecule has 5 heteroatoms. The largest absolute Gasteiger partial charge is 1.00 e. The molecule has 180 valence electrons. The molecule has 3 nitrogen and oxygen atoms in total. The quantitative estimate of drug-likeness (QED) is 0.349. The van der Waals surface area contributed by atoms with Gasteiger partial charge in [-0.3, -0.25) is 0 Å². The van der Waals surface area contributed by atoms with Gasteiger partial charge in [-0.25, -0.2) is 0 Å². The number of hydrogen-bond donors (Lipinski definition) is 0. The van der Waals surface area contributed by atoms with Crippen LogP contribution in [0.5, 0.6) is 0 Å². The van der Waals surface area contributed by atoms with Gasteiger partial charge >= 0.3 is 18.9 Å². The Bertz CT molecular complexity index is 819. The van der Waals surface area contributed by atoms with Gasteiger partial charge in [0, 0.05) is 26.4 Å². The van der Waals surface area contributed by atoms with E-state index in [-0.39, 0.29) is 18.9 Å². The van der Waals surface area contributed by atoms with Crippen LogP contribution in [0.2, 0.25) is 0 Å². The van der Waals surface area contributed by atoms with Crippen molar-refractivity contribution in [2.75, 3.05) is 26.4 Å². The molecule has 0 radical (unpaired) electrons. The maximum absolute atomic E-state index is 5.20. The molecular weight excluding hydrogens is 432 g/mol. The summed E-state index contributed by atoms with van der Waals surface area (Å²) in [6, 6.07) is 25.7. The van der Waals surface area contributed by atoms with Crippen molar-refractivity contribution in [1.29, 1.82) is 0 Å². The zero-order valence-corrected chi connectivity index (χ0v) is 23.4. The number of rotatable bonds is 8. The molecule has 0 aliphatic rings. The fourth-order valence-corrected chi connectivity index (χ4v) is 5.19. The molecule has 0 aliphatic carbocycles. The van der Waals surface area contributed by atoms with Gasteiger partial charge in [-0.05, 0) is 59.1 Å². The minimum Gasteiger partial charge on any atom is -0.652 e. The molecule has 0 amide bonds. The Hall–Kier alpha value is -1.59. The molecule has 0 N–H and O–H groups in total. The van der Waals surface area contributed by atoms with Gasteiger partial charge in [0.1, 0.15) is 0 Å². The van der Waals surface area contributed by atoms with E-state index < -0.39 is 8.07 Å². The fourth-order valence-electron chi connectivity index (χ4n) is 3.24. The van der Waals surface area contributed by atoms with Gasteiger partial charge in [0.25, 0.3) is 0 Å². The minimum absolute atomic E-state index is 0.